The van der Waals surface area contributed by atoms with E-state index in [0.29, 0.717) is 22.0 Å². The standard InChI is InChI=1S/C19H15ClN2O2/c20-15-8-6-13(7-9-15)17(23)12-16(19-21-10-11-22-19)18(24)14-4-2-1-3-5-14/h1-11,16H,12H2,(H,21,22). The third-order valence-electron chi connectivity index (χ3n) is 3.78. The molecule has 0 bridgehead atoms. The molecule has 0 fully saturated rings. The van der Waals surface area contributed by atoms with Crippen molar-refractivity contribution in [2.24, 2.45) is 0 Å². The van der Waals surface area contributed by atoms with E-state index in [0.717, 1.165) is 0 Å². The lowest BCUT2D eigenvalue weighted by Gasteiger charge is -2.13. The molecule has 0 saturated heterocycles. The Morgan fingerprint density at radius 2 is 1.71 bits per heavy atom. The summed E-state index contributed by atoms with van der Waals surface area (Å²) in [5.41, 5.74) is 1.08. The van der Waals surface area contributed by atoms with E-state index in [1.165, 1.54) is 0 Å². The van der Waals surface area contributed by atoms with Crippen LogP contribution in [0.5, 0.6) is 0 Å². The monoisotopic (exact) mass is 338 g/mol. The molecule has 0 spiro atoms. The minimum Gasteiger partial charge on any atom is -0.348 e. The van der Waals surface area contributed by atoms with E-state index in [4.69, 9.17) is 11.6 Å². The van der Waals surface area contributed by atoms with Crippen LogP contribution >= 0.6 is 11.6 Å². The summed E-state index contributed by atoms with van der Waals surface area (Å²) in [6.07, 6.45) is 3.27. The molecule has 4 nitrogen and oxygen atoms in total. The number of benzene rings is 2. The number of imidazole rings is 1. The number of hydrogen-bond acceptors (Lipinski definition) is 3. The Labute approximate surface area is 144 Å². The maximum absolute atomic E-state index is 12.8. The predicted molar refractivity (Wildman–Crippen MR) is 92.5 cm³/mol. The molecule has 120 valence electrons. The number of nitrogens with one attached hydrogen (secondary N) is 1. The van der Waals surface area contributed by atoms with Gasteiger partial charge in [0.15, 0.2) is 11.6 Å². The van der Waals surface area contributed by atoms with Crippen LogP contribution in [0, 0.1) is 0 Å². The Kier molecular flexibility index (Phi) is 4.87. The number of carbonyl (C=O) groups is 2. The van der Waals surface area contributed by atoms with Gasteiger partial charge in [-0.15, -0.1) is 0 Å². The fraction of sp³-hybridized carbons (Fsp3) is 0.105. The van der Waals surface area contributed by atoms with Gasteiger partial charge in [-0.3, -0.25) is 9.59 Å². The summed E-state index contributed by atoms with van der Waals surface area (Å²) < 4.78 is 0. The summed E-state index contributed by atoms with van der Waals surface area (Å²) in [4.78, 5) is 32.5. The van der Waals surface area contributed by atoms with Crippen LogP contribution < -0.4 is 0 Å². The average molecular weight is 339 g/mol. The zero-order valence-electron chi connectivity index (χ0n) is 12.8. The summed E-state index contributed by atoms with van der Waals surface area (Å²) in [5.74, 6) is -0.415. The van der Waals surface area contributed by atoms with Gasteiger partial charge in [0, 0.05) is 35.0 Å². The second-order valence-corrected chi connectivity index (χ2v) is 5.83. The highest BCUT2D eigenvalue weighted by molar-refractivity contribution is 6.30. The Hall–Kier alpha value is -2.72. The minimum atomic E-state index is -0.648. The molecular weight excluding hydrogens is 324 g/mol. The van der Waals surface area contributed by atoms with Gasteiger partial charge < -0.3 is 4.98 Å². The van der Waals surface area contributed by atoms with Crippen LogP contribution in [-0.2, 0) is 0 Å². The van der Waals surface area contributed by atoms with E-state index in [9.17, 15) is 9.59 Å². The molecule has 1 heterocycles. The van der Waals surface area contributed by atoms with Gasteiger partial charge in [-0.2, -0.15) is 0 Å². The Bertz CT molecular complexity index is 828. The van der Waals surface area contributed by atoms with Crippen molar-refractivity contribution in [3.05, 3.63) is 89.0 Å². The first-order valence-electron chi connectivity index (χ1n) is 7.52. The summed E-state index contributed by atoms with van der Waals surface area (Å²) in [6, 6.07) is 15.6. The smallest absolute Gasteiger partial charge is 0.173 e. The highest BCUT2D eigenvalue weighted by atomic mass is 35.5. The molecule has 5 heteroatoms. The van der Waals surface area contributed by atoms with Crippen molar-refractivity contribution in [3.8, 4) is 0 Å². The maximum Gasteiger partial charge on any atom is 0.173 e. The molecule has 3 aromatic rings. The third kappa shape index (κ3) is 3.60. The van der Waals surface area contributed by atoms with Crippen LogP contribution in [0.4, 0.5) is 0 Å². The normalized spacial score (nSPS) is 11.9. The van der Waals surface area contributed by atoms with E-state index < -0.39 is 5.92 Å². The highest BCUT2D eigenvalue weighted by Gasteiger charge is 2.27. The van der Waals surface area contributed by atoms with Gasteiger partial charge in [-0.25, -0.2) is 4.98 Å². The van der Waals surface area contributed by atoms with E-state index in [2.05, 4.69) is 9.97 Å². The summed E-state index contributed by atoms with van der Waals surface area (Å²) in [5, 5.41) is 0.564. The second kappa shape index (κ2) is 7.23. The van der Waals surface area contributed by atoms with Gasteiger partial charge in [-0.1, -0.05) is 41.9 Å². The van der Waals surface area contributed by atoms with E-state index >= 15 is 0 Å². The lowest BCUT2D eigenvalue weighted by molar-refractivity contribution is 0.0890. The number of ketones is 2. The second-order valence-electron chi connectivity index (χ2n) is 5.39. The molecule has 0 radical (unpaired) electrons. The van der Waals surface area contributed by atoms with Gasteiger partial charge in [0.25, 0.3) is 0 Å². The number of aromatic nitrogens is 2. The number of aromatic amines is 1. The van der Waals surface area contributed by atoms with Crippen LogP contribution in [0.2, 0.25) is 5.02 Å². The molecule has 2 aromatic carbocycles. The molecule has 0 saturated carbocycles. The van der Waals surface area contributed by atoms with E-state index in [-0.39, 0.29) is 18.0 Å². The van der Waals surface area contributed by atoms with Crippen molar-refractivity contribution in [1.29, 1.82) is 0 Å². The van der Waals surface area contributed by atoms with Crippen molar-refractivity contribution in [2.75, 3.05) is 0 Å². The number of halogens is 1. The minimum absolute atomic E-state index is 0.0445. The molecular formula is C19H15ClN2O2. The lowest BCUT2D eigenvalue weighted by Crippen LogP contribution is -2.18. The summed E-state index contributed by atoms with van der Waals surface area (Å²) >= 11 is 5.85. The van der Waals surface area contributed by atoms with Crippen LogP contribution in [0.1, 0.15) is 38.9 Å². The zero-order chi connectivity index (χ0) is 16.9. The molecule has 0 aliphatic carbocycles. The first-order valence-corrected chi connectivity index (χ1v) is 7.90. The van der Waals surface area contributed by atoms with E-state index in [1.54, 1.807) is 60.9 Å². The van der Waals surface area contributed by atoms with Crippen molar-refractivity contribution >= 4 is 23.2 Å². The molecule has 0 aliphatic rings. The number of hydrogen-bond donors (Lipinski definition) is 1. The third-order valence-corrected chi connectivity index (χ3v) is 4.03. The van der Waals surface area contributed by atoms with Crippen molar-refractivity contribution in [3.63, 3.8) is 0 Å². The fourth-order valence-corrected chi connectivity index (χ4v) is 2.65. The van der Waals surface area contributed by atoms with Gasteiger partial charge in [0.1, 0.15) is 5.82 Å². The number of Topliss-reactive ketones (excluding diaryl/α,β-unsaturated/α-hetero) is 2. The topological polar surface area (TPSA) is 62.8 Å². The van der Waals surface area contributed by atoms with Crippen LogP contribution in [0.3, 0.4) is 0 Å². The molecule has 1 aromatic heterocycles. The Morgan fingerprint density at radius 1 is 1.00 bits per heavy atom. The predicted octanol–water partition coefficient (Wildman–Crippen LogP) is 4.30. The number of H-pyrrole nitrogens is 1. The van der Waals surface area contributed by atoms with Crippen molar-refractivity contribution < 1.29 is 9.59 Å². The summed E-state index contributed by atoms with van der Waals surface area (Å²) in [7, 11) is 0. The Balaban J connectivity index is 1.87. The average Bonchev–Trinajstić information content (AvgIpc) is 3.14. The first-order chi connectivity index (χ1) is 11.6. The molecule has 24 heavy (non-hydrogen) atoms. The van der Waals surface area contributed by atoms with Crippen molar-refractivity contribution in [1.82, 2.24) is 9.97 Å². The fourth-order valence-electron chi connectivity index (χ4n) is 2.52. The van der Waals surface area contributed by atoms with Crippen molar-refractivity contribution in [2.45, 2.75) is 12.3 Å². The van der Waals surface area contributed by atoms with Gasteiger partial charge in [0.05, 0.1) is 5.92 Å². The first kappa shape index (κ1) is 16.1. The number of carbonyl (C=O) groups excluding carboxylic acids is 2. The molecule has 0 aliphatic heterocycles. The van der Waals surface area contributed by atoms with Crippen LogP contribution in [0.25, 0.3) is 0 Å². The molecule has 3 rings (SSSR count). The number of nitrogens with zero attached hydrogens (tertiary/aromatic N) is 1. The molecule has 1 N–H and O–H groups in total. The quantitative estimate of drug-likeness (QED) is 0.681. The lowest BCUT2D eigenvalue weighted by atomic mass is 9.90. The zero-order valence-corrected chi connectivity index (χ0v) is 13.5. The highest BCUT2D eigenvalue weighted by Crippen LogP contribution is 2.24. The molecule has 0 amide bonds. The Morgan fingerprint density at radius 3 is 2.33 bits per heavy atom. The SMILES string of the molecule is O=C(CC(C(=O)c1ccccc1)c1ncc[nH]1)c1ccc(Cl)cc1. The summed E-state index contributed by atoms with van der Waals surface area (Å²) in [6.45, 7) is 0. The van der Waals surface area contributed by atoms with Gasteiger partial charge >= 0.3 is 0 Å². The number of rotatable bonds is 6. The van der Waals surface area contributed by atoms with Crippen LogP contribution in [-0.4, -0.2) is 21.5 Å². The van der Waals surface area contributed by atoms with E-state index in [1.807, 2.05) is 6.07 Å². The maximum atomic E-state index is 12.8. The van der Waals surface area contributed by atoms with Gasteiger partial charge in [-0.05, 0) is 24.3 Å². The largest absolute Gasteiger partial charge is 0.348 e. The van der Waals surface area contributed by atoms with Crippen LogP contribution in [0.15, 0.2) is 67.0 Å². The molecule has 1 unspecified atom stereocenters. The van der Waals surface area contributed by atoms with Gasteiger partial charge in [0.2, 0.25) is 0 Å². The molecule has 1 atom stereocenters.